The number of fused-ring (bicyclic) bond motifs is 1. The Morgan fingerprint density at radius 3 is 2.70 bits per heavy atom. The Morgan fingerprint density at radius 2 is 2.05 bits per heavy atom. The van der Waals surface area contributed by atoms with Crippen molar-refractivity contribution in [1.29, 1.82) is 5.26 Å². The molecule has 7 nitrogen and oxygen atoms in total. The molecule has 37 heavy (non-hydrogen) atoms. The molecule has 1 N–H and O–H groups in total. The van der Waals surface area contributed by atoms with Crippen LogP contribution in [0.15, 0.2) is 29.4 Å². The summed E-state index contributed by atoms with van der Waals surface area (Å²) in [5, 5.41) is 22.7. The number of rotatable bonds is 8. The first-order valence-electron chi connectivity index (χ1n) is 12.7. The van der Waals surface area contributed by atoms with Crippen LogP contribution in [-0.2, 0) is 31.1 Å². The average Bonchev–Trinajstić information content (AvgIpc) is 3.41. The topological polar surface area (TPSA) is 92.8 Å². The second-order valence-electron chi connectivity index (χ2n) is 10.6. The summed E-state index contributed by atoms with van der Waals surface area (Å²) in [5.74, 6) is 2.07. The number of amides is 1. The van der Waals surface area contributed by atoms with Crippen LogP contribution in [0.2, 0.25) is 0 Å². The zero-order valence-electron chi connectivity index (χ0n) is 22.4. The maximum atomic E-state index is 12.8. The Hall–Kier alpha value is -2.83. The number of aromatic nitrogens is 3. The summed E-state index contributed by atoms with van der Waals surface area (Å²) in [5.41, 5.74) is 3.23. The van der Waals surface area contributed by atoms with Crippen LogP contribution in [0.4, 0.5) is 5.00 Å². The molecule has 0 saturated heterocycles. The molecule has 0 saturated carbocycles. The summed E-state index contributed by atoms with van der Waals surface area (Å²) in [6.07, 6.45) is 3.63. The van der Waals surface area contributed by atoms with E-state index in [1.54, 1.807) is 11.3 Å². The quantitative estimate of drug-likeness (QED) is 0.337. The summed E-state index contributed by atoms with van der Waals surface area (Å²) in [6.45, 7) is 10.9. The summed E-state index contributed by atoms with van der Waals surface area (Å²) >= 11 is 2.88. The molecule has 196 valence electrons. The SMILES string of the molecule is CCc1ccc(OC(C)c2nnc(SCC(=O)Nc3sc4c(c3C#N)CCC(C(C)(C)C)C4)n2C)cc1. The van der Waals surface area contributed by atoms with E-state index >= 15 is 0 Å². The number of carbonyl (C=O) groups is 1. The van der Waals surface area contributed by atoms with Crippen LogP contribution in [0.3, 0.4) is 0 Å². The van der Waals surface area contributed by atoms with Crippen LogP contribution in [-0.4, -0.2) is 26.4 Å². The third-order valence-electron chi connectivity index (χ3n) is 7.06. The molecule has 2 heterocycles. The fourth-order valence-corrected chi connectivity index (χ4v) is 6.70. The van der Waals surface area contributed by atoms with Crippen LogP contribution < -0.4 is 10.1 Å². The molecule has 0 aliphatic heterocycles. The van der Waals surface area contributed by atoms with Gasteiger partial charge in [0.1, 0.15) is 16.8 Å². The van der Waals surface area contributed by atoms with Crippen LogP contribution in [0.5, 0.6) is 5.75 Å². The van der Waals surface area contributed by atoms with E-state index in [0.29, 0.717) is 27.5 Å². The van der Waals surface area contributed by atoms with Crippen molar-refractivity contribution in [3.63, 3.8) is 0 Å². The van der Waals surface area contributed by atoms with E-state index < -0.39 is 0 Å². The smallest absolute Gasteiger partial charge is 0.235 e. The van der Waals surface area contributed by atoms with Crippen molar-refractivity contribution < 1.29 is 9.53 Å². The van der Waals surface area contributed by atoms with Crippen molar-refractivity contribution in [3.8, 4) is 11.8 Å². The summed E-state index contributed by atoms with van der Waals surface area (Å²) in [6, 6.07) is 10.4. The predicted octanol–water partition coefficient (Wildman–Crippen LogP) is 6.33. The van der Waals surface area contributed by atoms with E-state index in [1.807, 2.05) is 30.7 Å². The van der Waals surface area contributed by atoms with E-state index in [4.69, 9.17) is 4.74 Å². The van der Waals surface area contributed by atoms with Crippen molar-refractivity contribution in [2.75, 3.05) is 11.1 Å². The zero-order chi connectivity index (χ0) is 26.7. The number of nitrogens with zero attached hydrogens (tertiary/aromatic N) is 4. The number of carbonyl (C=O) groups excluding carboxylic acids is 1. The molecule has 0 radical (unpaired) electrons. The zero-order valence-corrected chi connectivity index (χ0v) is 24.1. The summed E-state index contributed by atoms with van der Waals surface area (Å²) in [4.78, 5) is 14.1. The van der Waals surface area contributed by atoms with E-state index in [1.165, 1.54) is 22.2 Å². The molecule has 1 aromatic carbocycles. The number of aryl methyl sites for hydroxylation is 1. The highest BCUT2D eigenvalue weighted by molar-refractivity contribution is 7.99. The third-order valence-corrected chi connectivity index (χ3v) is 9.25. The average molecular weight is 538 g/mol. The van der Waals surface area contributed by atoms with E-state index in [9.17, 15) is 10.1 Å². The Labute approximate surface area is 227 Å². The van der Waals surface area contributed by atoms with Gasteiger partial charge in [-0.1, -0.05) is 51.6 Å². The summed E-state index contributed by atoms with van der Waals surface area (Å²) in [7, 11) is 1.88. The van der Waals surface area contributed by atoms with Gasteiger partial charge in [-0.25, -0.2) is 0 Å². The van der Waals surface area contributed by atoms with Crippen molar-refractivity contribution >= 4 is 34.0 Å². The molecule has 2 unspecified atom stereocenters. The maximum absolute atomic E-state index is 12.8. The molecule has 2 aromatic heterocycles. The van der Waals surface area contributed by atoms with Crippen molar-refractivity contribution in [2.45, 2.75) is 71.6 Å². The second kappa shape index (κ2) is 11.3. The van der Waals surface area contributed by atoms with Crippen molar-refractivity contribution in [1.82, 2.24) is 14.8 Å². The Morgan fingerprint density at radius 1 is 1.32 bits per heavy atom. The normalized spacial score (nSPS) is 16.1. The molecule has 2 atom stereocenters. The number of thioether (sulfide) groups is 1. The molecule has 0 fully saturated rings. The van der Waals surface area contributed by atoms with Gasteiger partial charge in [0.2, 0.25) is 5.91 Å². The highest BCUT2D eigenvalue weighted by Gasteiger charge is 2.32. The predicted molar refractivity (Wildman–Crippen MR) is 149 cm³/mol. The van der Waals surface area contributed by atoms with Crippen LogP contribution in [0.25, 0.3) is 0 Å². The van der Waals surface area contributed by atoms with Gasteiger partial charge in [-0.05, 0) is 67.2 Å². The van der Waals surface area contributed by atoms with Gasteiger partial charge >= 0.3 is 0 Å². The molecule has 4 rings (SSSR count). The highest BCUT2D eigenvalue weighted by Crippen LogP contribution is 2.44. The number of benzene rings is 1. The minimum absolute atomic E-state index is 0.155. The standard InChI is InChI=1S/C28H35N5O2S2/c1-7-18-8-11-20(12-9-18)35-17(2)25-31-32-27(33(25)6)36-16-24(34)30-26-22(15-29)21-13-10-19(28(3,4)5)14-23(21)37-26/h8-9,11-12,17,19H,7,10,13-14,16H2,1-6H3,(H,30,34). The lowest BCUT2D eigenvalue weighted by atomic mass is 9.72. The van der Waals surface area contributed by atoms with Crippen molar-refractivity contribution in [2.24, 2.45) is 18.4 Å². The van der Waals surface area contributed by atoms with Crippen LogP contribution in [0, 0.1) is 22.7 Å². The number of anilines is 1. The number of hydrogen-bond acceptors (Lipinski definition) is 7. The molecule has 9 heteroatoms. The molecule has 1 aliphatic carbocycles. The van der Waals surface area contributed by atoms with E-state index in [2.05, 4.69) is 61.4 Å². The number of hydrogen-bond donors (Lipinski definition) is 1. The Kier molecular flexibility index (Phi) is 8.29. The molecular formula is C28H35N5O2S2. The van der Waals surface area contributed by atoms with E-state index in [-0.39, 0.29) is 23.2 Å². The van der Waals surface area contributed by atoms with Gasteiger partial charge in [0.25, 0.3) is 0 Å². The molecule has 3 aromatic rings. The number of nitriles is 1. The van der Waals surface area contributed by atoms with Gasteiger partial charge in [-0.3, -0.25) is 4.79 Å². The van der Waals surface area contributed by atoms with Crippen LogP contribution >= 0.6 is 23.1 Å². The first-order valence-corrected chi connectivity index (χ1v) is 14.5. The lowest BCUT2D eigenvalue weighted by Crippen LogP contribution is -2.26. The van der Waals surface area contributed by atoms with Gasteiger partial charge < -0.3 is 14.6 Å². The highest BCUT2D eigenvalue weighted by atomic mass is 32.2. The molecule has 0 spiro atoms. The first kappa shape index (κ1) is 27.2. The number of ether oxygens (including phenoxy) is 1. The molecule has 1 aliphatic rings. The molecule has 0 bridgehead atoms. The Bertz CT molecular complexity index is 1300. The van der Waals surface area contributed by atoms with Crippen molar-refractivity contribution in [3.05, 3.63) is 51.7 Å². The van der Waals surface area contributed by atoms with E-state index in [0.717, 1.165) is 37.0 Å². The lowest BCUT2D eigenvalue weighted by molar-refractivity contribution is -0.113. The monoisotopic (exact) mass is 537 g/mol. The minimum atomic E-state index is -0.291. The van der Waals surface area contributed by atoms with Gasteiger partial charge in [0.15, 0.2) is 17.1 Å². The third kappa shape index (κ3) is 6.19. The molecule has 1 amide bonds. The first-order chi connectivity index (χ1) is 17.6. The number of thiophene rings is 1. The fraction of sp³-hybridized carbons (Fsp3) is 0.500. The van der Waals surface area contributed by atoms with Gasteiger partial charge in [-0.15, -0.1) is 21.5 Å². The lowest BCUT2D eigenvalue weighted by Gasteiger charge is -2.33. The van der Waals surface area contributed by atoms with Crippen LogP contribution in [0.1, 0.15) is 74.5 Å². The minimum Gasteiger partial charge on any atom is -0.483 e. The number of nitrogens with one attached hydrogen (secondary N) is 1. The summed E-state index contributed by atoms with van der Waals surface area (Å²) < 4.78 is 7.91. The maximum Gasteiger partial charge on any atom is 0.235 e. The van der Waals surface area contributed by atoms with Gasteiger partial charge in [0, 0.05) is 11.9 Å². The molecular weight excluding hydrogens is 502 g/mol. The largest absolute Gasteiger partial charge is 0.483 e. The Balaban J connectivity index is 1.37. The van der Waals surface area contributed by atoms with Gasteiger partial charge in [-0.2, -0.15) is 5.26 Å². The van der Waals surface area contributed by atoms with Gasteiger partial charge in [0.05, 0.1) is 11.3 Å². The second-order valence-corrected chi connectivity index (χ2v) is 12.7. The fourth-order valence-electron chi connectivity index (χ4n) is 4.69.